The Labute approximate surface area is 240 Å². The van der Waals surface area contributed by atoms with Gasteiger partial charge in [-0.25, -0.2) is 9.18 Å². The zero-order valence-corrected chi connectivity index (χ0v) is 23.8. The molecule has 3 N–H and O–H groups in total. The van der Waals surface area contributed by atoms with Gasteiger partial charge in [-0.05, 0) is 57.9 Å². The van der Waals surface area contributed by atoms with E-state index in [0.717, 1.165) is 31.4 Å². The molecule has 2 fully saturated rings. The van der Waals surface area contributed by atoms with Crippen molar-refractivity contribution in [1.29, 1.82) is 0 Å². The van der Waals surface area contributed by atoms with Crippen molar-refractivity contribution < 1.29 is 18.7 Å². The van der Waals surface area contributed by atoms with Crippen molar-refractivity contribution in [2.24, 2.45) is 11.1 Å². The van der Waals surface area contributed by atoms with E-state index >= 15 is 4.39 Å². The van der Waals surface area contributed by atoms with Gasteiger partial charge in [0.2, 0.25) is 0 Å². The van der Waals surface area contributed by atoms with Crippen LogP contribution in [0.5, 0.6) is 11.8 Å². The number of nitrogens with zero attached hydrogens (tertiary/aromatic N) is 6. The molecule has 1 spiro atoms. The Morgan fingerprint density at radius 1 is 1.19 bits per heavy atom. The minimum atomic E-state index is -0.716. The molecule has 5 heterocycles. The highest BCUT2D eigenvalue weighted by molar-refractivity contribution is 6.16. The molecule has 0 radical (unpaired) electrons. The van der Waals surface area contributed by atoms with Gasteiger partial charge in [-0.3, -0.25) is 14.9 Å². The van der Waals surface area contributed by atoms with Crippen molar-refractivity contribution >= 4 is 50.6 Å². The average molecular weight is 571 g/mol. The van der Waals surface area contributed by atoms with Gasteiger partial charge in [0.1, 0.15) is 22.9 Å². The number of pyridine rings is 2. The van der Waals surface area contributed by atoms with E-state index in [1.165, 1.54) is 17.0 Å². The molecule has 12 heteroatoms. The number of carbonyl (C=O) groups is 1. The molecule has 4 aromatic heterocycles. The van der Waals surface area contributed by atoms with Crippen LogP contribution in [0.4, 0.5) is 20.7 Å². The molecule has 1 aromatic carbocycles. The third-order valence-electron chi connectivity index (χ3n) is 8.18. The first-order valence-corrected chi connectivity index (χ1v) is 13.9. The fraction of sp³-hybridized carbons (Fsp3) is 0.367. The summed E-state index contributed by atoms with van der Waals surface area (Å²) in [7, 11) is 1.55. The van der Waals surface area contributed by atoms with Gasteiger partial charge in [-0.15, -0.1) is 0 Å². The Balaban J connectivity index is 1.35. The van der Waals surface area contributed by atoms with E-state index in [0.29, 0.717) is 44.7 Å². The van der Waals surface area contributed by atoms with Gasteiger partial charge in [-0.1, -0.05) is 0 Å². The Morgan fingerprint density at radius 2 is 2.00 bits per heavy atom. The fourth-order valence-electron chi connectivity index (χ4n) is 5.85. The van der Waals surface area contributed by atoms with Crippen LogP contribution < -0.4 is 20.3 Å². The van der Waals surface area contributed by atoms with Crippen molar-refractivity contribution in [3.63, 3.8) is 0 Å². The van der Waals surface area contributed by atoms with E-state index in [2.05, 4.69) is 24.8 Å². The molecule has 1 atom stereocenters. The molecule has 2 aliphatic rings. The number of aromatic amines is 1. The first-order valence-electron chi connectivity index (χ1n) is 13.9. The van der Waals surface area contributed by atoms with Gasteiger partial charge < -0.3 is 25.1 Å². The lowest BCUT2D eigenvalue weighted by molar-refractivity contribution is 0.0559. The van der Waals surface area contributed by atoms with Crippen molar-refractivity contribution in [2.45, 2.75) is 45.3 Å². The minimum absolute atomic E-state index is 0.0612. The molecule has 42 heavy (non-hydrogen) atoms. The summed E-state index contributed by atoms with van der Waals surface area (Å²) in [5, 5.41) is 1.18. The van der Waals surface area contributed by atoms with Crippen molar-refractivity contribution in [3.05, 3.63) is 48.5 Å². The number of hydrogen-bond donors (Lipinski definition) is 2. The summed E-state index contributed by atoms with van der Waals surface area (Å²) in [6.45, 7) is 6.80. The molecule has 7 rings (SSSR count). The molecular weight excluding hydrogens is 539 g/mol. The predicted octanol–water partition coefficient (Wildman–Crippen LogP) is 5.28. The highest BCUT2D eigenvalue weighted by Gasteiger charge is 2.54. The number of ether oxygens (including phenoxy) is 2. The molecule has 1 aliphatic carbocycles. The van der Waals surface area contributed by atoms with E-state index < -0.39 is 17.5 Å². The maximum absolute atomic E-state index is 15.1. The zero-order chi connectivity index (χ0) is 29.4. The lowest BCUT2D eigenvalue weighted by atomic mass is 9.60. The van der Waals surface area contributed by atoms with Crippen LogP contribution in [-0.4, -0.2) is 62.8 Å². The fourth-order valence-corrected chi connectivity index (χ4v) is 5.85. The average Bonchev–Trinajstić information content (AvgIpc) is 3.27. The molecule has 5 aromatic rings. The van der Waals surface area contributed by atoms with Crippen molar-refractivity contribution in [1.82, 2.24) is 24.9 Å². The number of anilines is 2. The largest absolute Gasteiger partial charge is 0.443 e. The van der Waals surface area contributed by atoms with Gasteiger partial charge in [0.05, 0.1) is 33.8 Å². The molecule has 0 bridgehead atoms. The number of benzene rings is 1. The van der Waals surface area contributed by atoms with Crippen LogP contribution in [0.25, 0.3) is 33.0 Å². The first-order chi connectivity index (χ1) is 20.0. The third kappa shape index (κ3) is 4.33. The monoisotopic (exact) mass is 570 g/mol. The summed E-state index contributed by atoms with van der Waals surface area (Å²) in [6.07, 6.45) is 4.74. The summed E-state index contributed by atoms with van der Waals surface area (Å²) in [6, 6.07) is 8.43. The van der Waals surface area contributed by atoms with Crippen LogP contribution in [-0.2, 0) is 4.74 Å². The maximum Gasteiger partial charge on any atom is 0.414 e. The van der Waals surface area contributed by atoms with Gasteiger partial charge in [0.15, 0.2) is 5.75 Å². The van der Waals surface area contributed by atoms with Gasteiger partial charge >= 0.3 is 12.1 Å². The first kappa shape index (κ1) is 26.3. The minimum Gasteiger partial charge on any atom is -0.443 e. The smallest absolute Gasteiger partial charge is 0.414 e. The molecule has 1 aliphatic heterocycles. The summed E-state index contributed by atoms with van der Waals surface area (Å²) in [5.74, 6) is 0.533. The number of nitrogens with two attached hydrogens (primary N) is 1. The van der Waals surface area contributed by atoms with Crippen LogP contribution in [0.15, 0.2) is 42.7 Å². The van der Waals surface area contributed by atoms with E-state index in [4.69, 9.17) is 20.2 Å². The number of carbonyl (C=O) groups excluding carboxylic acids is 1. The van der Waals surface area contributed by atoms with Crippen molar-refractivity contribution in [2.75, 3.05) is 29.9 Å². The Hall–Kier alpha value is -4.58. The lowest BCUT2D eigenvalue weighted by Crippen LogP contribution is -2.69. The standard InChI is InChI=1S/C30H31FN8O3/c1-29(2,3)42-28(40)38(4)21-11-16(31)10-18-23-25(35-24(18)21)36-27(37-26(23)39-14-30(15-39)8-7-22(30)32)41-17-12-20-19(34-13-17)6-5-9-33-20/h5-6,9-13,22H,7-8,14-15,32H2,1-4H3,(H,35,36,37)/t22-/m0/s1. The SMILES string of the molecule is CN(C(=O)OC(C)(C)C)c1cc(F)cc2c1[nH]c1nc(Oc3cnc4cccnc4c3)nc(N3CC4(CC[C@@H]4N)C3)c12. The Bertz CT molecular complexity index is 1880. The predicted molar refractivity (Wildman–Crippen MR) is 157 cm³/mol. The number of rotatable bonds is 4. The second-order valence-corrected chi connectivity index (χ2v) is 12.2. The van der Waals surface area contributed by atoms with Crippen LogP contribution in [0.3, 0.4) is 0 Å². The molecule has 1 saturated heterocycles. The Kier molecular flexibility index (Phi) is 5.78. The number of hydrogen-bond acceptors (Lipinski definition) is 9. The normalized spacial score (nSPS) is 17.9. The second-order valence-electron chi connectivity index (χ2n) is 12.2. The number of halogens is 1. The van der Waals surface area contributed by atoms with E-state index in [-0.39, 0.29) is 17.5 Å². The van der Waals surface area contributed by atoms with E-state index in [1.54, 1.807) is 46.3 Å². The number of nitrogens with one attached hydrogen (secondary N) is 1. The van der Waals surface area contributed by atoms with Crippen LogP contribution >= 0.6 is 0 Å². The van der Waals surface area contributed by atoms with E-state index in [1.807, 2.05) is 12.1 Å². The molecular formula is C30H31FN8O3. The topological polar surface area (TPSA) is 135 Å². The van der Waals surface area contributed by atoms with Crippen LogP contribution in [0.2, 0.25) is 0 Å². The quantitative estimate of drug-likeness (QED) is 0.296. The number of fused-ring (bicyclic) bond motifs is 4. The van der Waals surface area contributed by atoms with Gasteiger partial charge in [0, 0.05) is 49.2 Å². The van der Waals surface area contributed by atoms with Crippen molar-refractivity contribution in [3.8, 4) is 11.8 Å². The van der Waals surface area contributed by atoms with Crippen LogP contribution in [0, 0.1) is 11.2 Å². The van der Waals surface area contributed by atoms with E-state index in [9.17, 15) is 4.79 Å². The Morgan fingerprint density at radius 3 is 2.71 bits per heavy atom. The van der Waals surface area contributed by atoms with Crippen LogP contribution in [0.1, 0.15) is 33.6 Å². The third-order valence-corrected chi connectivity index (χ3v) is 8.18. The summed E-state index contributed by atoms with van der Waals surface area (Å²) in [4.78, 5) is 37.9. The summed E-state index contributed by atoms with van der Waals surface area (Å²) < 4.78 is 26.8. The van der Waals surface area contributed by atoms with Gasteiger partial charge in [-0.2, -0.15) is 9.97 Å². The molecule has 1 amide bonds. The molecule has 1 saturated carbocycles. The molecule has 216 valence electrons. The molecule has 0 unspecified atom stereocenters. The maximum atomic E-state index is 15.1. The summed E-state index contributed by atoms with van der Waals surface area (Å²) >= 11 is 0. The zero-order valence-electron chi connectivity index (χ0n) is 23.8. The number of amides is 1. The highest BCUT2D eigenvalue weighted by Crippen LogP contribution is 2.50. The highest BCUT2D eigenvalue weighted by atomic mass is 19.1. The lowest BCUT2D eigenvalue weighted by Gasteiger charge is -2.60. The molecule has 11 nitrogen and oxygen atoms in total. The second kappa shape index (κ2) is 9.21. The number of aromatic nitrogens is 5. The van der Waals surface area contributed by atoms with Gasteiger partial charge in [0.25, 0.3) is 0 Å². The number of H-pyrrole nitrogens is 1. The summed E-state index contributed by atoms with van der Waals surface area (Å²) in [5.41, 5.74) is 8.41.